The SMILES string of the molecule is CNC(=O)c1ccc(OC)c(NC(=O)Cn2ccc3cc(OC)ccc32)c1. The molecule has 0 spiro atoms. The molecule has 0 unspecified atom stereocenters. The molecule has 1 heterocycles. The van der Waals surface area contributed by atoms with Crippen molar-refractivity contribution in [3.8, 4) is 11.5 Å². The summed E-state index contributed by atoms with van der Waals surface area (Å²) in [4.78, 5) is 24.4. The second-order valence-electron chi connectivity index (χ2n) is 5.91. The number of benzene rings is 2. The summed E-state index contributed by atoms with van der Waals surface area (Å²) >= 11 is 0. The van der Waals surface area contributed by atoms with Crippen molar-refractivity contribution < 1.29 is 19.1 Å². The summed E-state index contributed by atoms with van der Waals surface area (Å²) in [7, 11) is 4.68. The number of nitrogens with one attached hydrogen (secondary N) is 2. The molecule has 0 aliphatic rings. The molecule has 7 nitrogen and oxygen atoms in total. The van der Waals surface area contributed by atoms with Gasteiger partial charge in [-0.15, -0.1) is 0 Å². The average molecular weight is 367 g/mol. The van der Waals surface area contributed by atoms with Gasteiger partial charge in [0.05, 0.1) is 19.9 Å². The van der Waals surface area contributed by atoms with Gasteiger partial charge in [-0.2, -0.15) is 0 Å². The summed E-state index contributed by atoms with van der Waals surface area (Å²) in [6, 6.07) is 12.5. The van der Waals surface area contributed by atoms with Crippen molar-refractivity contribution in [2.24, 2.45) is 0 Å². The van der Waals surface area contributed by atoms with Crippen LogP contribution in [0.15, 0.2) is 48.7 Å². The molecule has 3 rings (SSSR count). The molecule has 7 heteroatoms. The fourth-order valence-corrected chi connectivity index (χ4v) is 2.88. The highest BCUT2D eigenvalue weighted by molar-refractivity contribution is 5.98. The Morgan fingerprint density at radius 3 is 2.56 bits per heavy atom. The first-order chi connectivity index (χ1) is 13.0. The molecule has 0 aliphatic heterocycles. The number of ether oxygens (including phenoxy) is 2. The van der Waals surface area contributed by atoms with E-state index in [1.54, 1.807) is 32.4 Å². The van der Waals surface area contributed by atoms with E-state index < -0.39 is 0 Å². The van der Waals surface area contributed by atoms with E-state index in [0.29, 0.717) is 17.0 Å². The third-order valence-electron chi connectivity index (χ3n) is 4.25. The summed E-state index contributed by atoms with van der Waals surface area (Å²) in [6.07, 6.45) is 1.85. The van der Waals surface area contributed by atoms with Gasteiger partial charge in [0.25, 0.3) is 5.91 Å². The number of carbonyl (C=O) groups is 2. The van der Waals surface area contributed by atoms with Gasteiger partial charge in [-0.25, -0.2) is 0 Å². The Hall–Kier alpha value is -3.48. The number of nitrogens with zero attached hydrogens (tertiary/aromatic N) is 1. The summed E-state index contributed by atoms with van der Waals surface area (Å²) in [5.41, 5.74) is 1.81. The van der Waals surface area contributed by atoms with Crippen molar-refractivity contribution in [2.75, 3.05) is 26.6 Å². The van der Waals surface area contributed by atoms with E-state index in [4.69, 9.17) is 9.47 Å². The minimum atomic E-state index is -0.237. The molecule has 1 aromatic heterocycles. The topological polar surface area (TPSA) is 81.6 Å². The molecule has 2 N–H and O–H groups in total. The molecule has 2 aromatic carbocycles. The molecule has 0 bridgehead atoms. The van der Waals surface area contributed by atoms with Crippen molar-refractivity contribution in [1.29, 1.82) is 0 Å². The van der Waals surface area contributed by atoms with E-state index in [1.807, 2.05) is 35.0 Å². The van der Waals surface area contributed by atoms with Crippen LogP contribution < -0.4 is 20.1 Å². The summed E-state index contributed by atoms with van der Waals surface area (Å²) in [5.74, 6) is 0.785. The number of amides is 2. The molecule has 0 saturated carbocycles. The van der Waals surface area contributed by atoms with Crippen LogP contribution in [-0.2, 0) is 11.3 Å². The lowest BCUT2D eigenvalue weighted by Gasteiger charge is -2.12. The number of aromatic nitrogens is 1. The van der Waals surface area contributed by atoms with Gasteiger partial charge in [0.2, 0.25) is 5.91 Å². The molecule has 0 saturated heterocycles. The Morgan fingerprint density at radius 1 is 1.04 bits per heavy atom. The van der Waals surface area contributed by atoms with Gasteiger partial charge in [0.1, 0.15) is 18.0 Å². The molecular formula is C20H21N3O4. The molecule has 0 atom stereocenters. The summed E-state index contributed by atoms with van der Waals surface area (Å²) < 4.78 is 12.3. The summed E-state index contributed by atoms with van der Waals surface area (Å²) in [5, 5.41) is 6.36. The Morgan fingerprint density at radius 2 is 1.85 bits per heavy atom. The second-order valence-corrected chi connectivity index (χ2v) is 5.91. The molecule has 0 aliphatic carbocycles. The maximum Gasteiger partial charge on any atom is 0.251 e. The van der Waals surface area contributed by atoms with Gasteiger partial charge in [-0.1, -0.05) is 0 Å². The highest BCUT2D eigenvalue weighted by atomic mass is 16.5. The minimum absolute atomic E-state index is 0.128. The van der Waals surface area contributed by atoms with Crippen LogP contribution in [0, 0.1) is 0 Å². The Labute approximate surface area is 156 Å². The van der Waals surface area contributed by atoms with E-state index in [0.717, 1.165) is 16.7 Å². The van der Waals surface area contributed by atoms with Crippen molar-refractivity contribution >= 4 is 28.4 Å². The lowest BCUT2D eigenvalue weighted by molar-refractivity contribution is -0.116. The third kappa shape index (κ3) is 3.87. The Bertz CT molecular complexity index is 994. The molecular weight excluding hydrogens is 346 g/mol. The van der Waals surface area contributed by atoms with Crippen LogP contribution in [0.5, 0.6) is 11.5 Å². The predicted octanol–water partition coefficient (Wildman–Crippen LogP) is 2.66. The van der Waals surface area contributed by atoms with Crippen LogP contribution in [-0.4, -0.2) is 37.6 Å². The van der Waals surface area contributed by atoms with E-state index in [9.17, 15) is 9.59 Å². The Kier molecular flexibility index (Phi) is 5.30. The van der Waals surface area contributed by atoms with Gasteiger partial charge in [0, 0.05) is 29.7 Å². The van der Waals surface area contributed by atoms with E-state index in [-0.39, 0.29) is 18.4 Å². The molecule has 0 fully saturated rings. The predicted molar refractivity (Wildman–Crippen MR) is 104 cm³/mol. The first-order valence-electron chi connectivity index (χ1n) is 8.38. The maximum atomic E-state index is 12.6. The van der Waals surface area contributed by atoms with Gasteiger partial charge in [0.15, 0.2) is 0 Å². The number of rotatable bonds is 6. The average Bonchev–Trinajstić information content (AvgIpc) is 3.08. The number of hydrogen-bond donors (Lipinski definition) is 2. The van der Waals surface area contributed by atoms with Gasteiger partial charge >= 0.3 is 0 Å². The lowest BCUT2D eigenvalue weighted by Crippen LogP contribution is -2.20. The highest BCUT2D eigenvalue weighted by Crippen LogP contribution is 2.26. The largest absolute Gasteiger partial charge is 0.497 e. The van der Waals surface area contributed by atoms with Crippen LogP contribution in [0.25, 0.3) is 10.9 Å². The van der Waals surface area contributed by atoms with E-state index in [2.05, 4.69) is 10.6 Å². The third-order valence-corrected chi connectivity index (χ3v) is 4.25. The first kappa shape index (κ1) is 18.3. The van der Waals surface area contributed by atoms with Crippen LogP contribution in [0.3, 0.4) is 0 Å². The normalized spacial score (nSPS) is 10.5. The standard InChI is InChI=1S/C20H21N3O4/c1-21-20(25)14-4-7-18(27-3)16(11-14)22-19(24)12-23-9-8-13-10-15(26-2)5-6-17(13)23/h4-11H,12H2,1-3H3,(H,21,25)(H,22,24). The fourth-order valence-electron chi connectivity index (χ4n) is 2.88. The van der Waals surface area contributed by atoms with Gasteiger partial charge in [-0.05, 0) is 42.5 Å². The highest BCUT2D eigenvalue weighted by Gasteiger charge is 2.13. The zero-order valence-corrected chi connectivity index (χ0v) is 15.4. The fraction of sp³-hybridized carbons (Fsp3) is 0.200. The van der Waals surface area contributed by atoms with Crippen molar-refractivity contribution in [2.45, 2.75) is 6.54 Å². The minimum Gasteiger partial charge on any atom is -0.497 e. The molecule has 0 radical (unpaired) electrons. The van der Waals surface area contributed by atoms with E-state index in [1.165, 1.54) is 7.11 Å². The van der Waals surface area contributed by atoms with Gasteiger partial charge in [-0.3, -0.25) is 9.59 Å². The molecule has 3 aromatic rings. The van der Waals surface area contributed by atoms with Crippen molar-refractivity contribution in [3.05, 3.63) is 54.2 Å². The Balaban J connectivity index is 1.80. The zero-order valence-electron chi connectivity index (χ0n) is 15.4. The van der Waals surface area contributed by atoms with Crippen molar-refractivity contribution in [3.63, 3.8) is 0 Å². The molecule has 140 valence electrons. The van der Waals surface area contributed by atoms with E-state index >= 15 is 0 Å². The van der Waals surface area contributed by atoms with Crippen LogP contribution in [0.4, 0.5) is 5.69 Å². The number of fused-ring (bicyclic) bond motifs is 1. The molecule has 2 amide bonds. The van der Waals surface area contributed by atoms with Crippen LogP contribution in [0.2, 0.25) is 0 Å². The smallest absolute Gasteiger partial charge is 0.251 e. The second kappa shape index (κ2) is 7.82. The number of carbonyl (C=O) groups excluding carboxylic acids is 2. The quantitative estimate of drug-likeness (QED) is 0.702. The number of hydrogen-bond acceptors (Lipinski definition) is 4. The molecule has 27 heavy (non-hydrogen) atoms. The van der Waals surface area contributed by atoms with Crippen LogP contribution >= 0.6 is 0 Å². The summed E-state index contributed by atoms with van der Waals surface area (Å²) in [6.45, 7) is 0.128. The van der Waals surface area contributed by atoms with Crippen LogP contribution in [0.1, 0.15) is 10.4 Å². The number of methoxy groups -OCH3 is 2. The van der Waals surface area contributed by atoms with Crippen molar-refractivity contribution in [1.82, 2.24) is 9.88 Å². The lowest BCUT2D eigenvalue weighted by atomic mass is 10.1. The maximum absolute atomic E-state index is 12.6. The zero-order chi connectivity index (χ0) is 19.4. The van der Waals surface area contributed by atoms with Gasteiger partial charge < -0.3 is 24.7 Å². The first-order valence-corrected chi connectivity index (χ1v) is 8.38. The monoisotopic (exact) mass is 367 g/mol. The number of anilines is 1.